The van der Waals surface area contributed by atoms with Crippen LogP contribution in [-0.4, -0.2) is 52.2 Å². The van der Waals surface area contributed by atoms with Gasteiger partial charge < -0.3 is 14.6 Å². The van der Waals surface area contributed by atoms with Gasteiger partial charge in [0.15, 0.2) is 5.69 Å². The molecule has 1 amide bonds. The minimum absolute atomic E-state index is 0.0297. The summed E-state index contributed by atoms with van der Waals surface area (Å²) in [7, 11) is 1.81. The van der Waals surface area contributed by atoms with Gasteiger partial charge in [-0.05, 0) is 63.3 Å². The fourth-order valence-electron chi connectivity index (χ4n) is 3.71. The highest BCUT2D eigenvalue weighted by Crippen LogP contribution is 2.26. The van der Waals surface area contributed by atoms with Crippen LogP contribution >= 0.6 is 11.8 Å². The van der Waals surface area contributed by atoms with Gasteiger partial charge in [-0.2, -0.15) is 16.9 Å². The summed E-state index contributed by atoms with van der Waals surface area (Å²) in [6, 6.07) is 4.16. The number of hydrogen-bond donors (Lipinski definition) is 1. The van der Waals surface area contributed by atoms with Gasteiger partial charge >= 0.3 is 0 Å². The highest BCUT2D eigenvalue weighted by molar-refractivity contribution is 7.98. The zero-order valence-electron chi connectivity index (χ0n) is 16.5. The molecule has 2 aromatic rings. The van der Waals surface area contributed by atoms with E-state index in [1.54, 1.807) is 11.2 Å². The molecule has 0 saturated heterocycles. The summed E-state index contributed by atoms with van der Waals surface area (Å²) in [6.07, 6.45) is 7.91. The molecule has 0 radical (unpaired) electrons. The first-order chi connectivity index (χ1) is 13.1. The molecule has 1 N–H and O–H groups in total. The van der Waals surface area contributed by atoms with Crippen LogP contribution in [0.4, 0.5) is 0 Å². The average Bonchev–Trinajstić information content (AvgIpc) is 3.31. The topological polar surface area (TPSA) is 63.3 Å². The summed E-state index contributed by atoms with van der Waals surface area (Å²) in [5, 5.41) is 8.33. The number of thioether (sulfide) groups is 1. The molecule has 0 saturated carbocycles. The van der Waals surface area contributed by atoms with Crippen molar-refractivity contribution in [3.05, 3.63) is 41.1 Å². The molecular weight excluding hydrogens is 360 g/mol. The summed E-state index contributed by atoms with van der Waals surface area (Å²) in [5.74, 6) is 1.93. The van der Waals surface area contributed by atoms with Crippen LogP contribution in [0.3, 0.4) is 0 Å². The Morgan fingerprint density at radius 1 is 1.52 bits per heavy atom. The molecular formula is C20H30N4O2S. The van der Waals surface area contributed by atoms with E-state index >= 15 is 0 Å². The Kier molecular flexibility index (Phi) is 7.01. The molecule has 148 valence electrons. The molecule has 27 heavy (non-hydrogen) atoms. The predicted octanol–water partition coefficient (Wildman–Crippen LogP) is 2.97. The van der Waals surface area contributed by atoms with Gasteiger partial charge in [0, 0.05) is 30.9 Å². The fourth-order valence-corrected chi connectivity index (χ4v) is 4.14. The number of aryl methyl sites for hydroxylation is 1. The second-order valence-electron chi connectivity index (χ2n) is 7.07. The third kappa shape index (κ3) is 4.76. The summed E-state index contributed by atoms with van der Waals surface area (Å²) < 4.78 is 7.39. The first-order valence-corrected chi connectivity index (χ1v) is 11.1. The van der Waals surface area contributed by atoms with E-state index in [1.165, 1.54) is 17.9 Å². The van der Waals surface area contributed by atoms with Crippen LogP contribution in [0.15, 0.2) is 22.8 Å². The lowest BCUT2D eigenvalue weighted by Gasteiger charge is -2.25. The molecule has 6 nitrogen and oxygen atoms in total. The Hall–Kier alpha value is -1.73. The molecule has 1 atom stereocenters. The lowest BCUT2D eigenvalue weighted by Crippen LogP contribution is -2.36. The Labute approximate surface area is 165 Å². The molecule has 0 bridgehead atoms. The maximum absolute atomic E-state index is 13.1. The van der Waals surface area contributed by atoms with Crippen molar-refractivity contribution in [3.8, 4) is 0 Å². The van der Waals surface area contributed by atoms with Gasteiger partial charge in [0.1, 0.15) is 5.76 Å². The zero-order chi connectivity index (χ0) is 19.2. The van der Waals surface area contributed by atoms with Crippen LogP contribution in [0.2, 0.25) is 0 Å². The van der Waals surface area contributed by atoms with Gasteiger partial charge in [-0.25, -0.2) is 0 Å². The summed E-state index contributed by atoms with van der Waals surface area (Å²) >= 11 is 1.88. The van der Waals surface area contributed by atoms with Crippen molar-refractivity contribution in [2.24, 2.45) is 0 Å². The van der Waals surface area contributed by atoms with Gasteiger partial charge in [0.05, 0.1) is 12.8 Å². The number of nitrogens with zero attached hydrogens (tertiary/aromatic N) is 3. The van der Waals surface area contributed by atoms with E-state index in [0.29, 0.717) is 18.3 Å². The number of aromatic nitrogens is 2. The number of fused-ring (bicyclic) bond motifs is 1. The number of carbonyl (C=O) groups excluding carboxylic acids is 1. The molecule has 1 aliphatic carbocycles. The van der Waals surface area contributed by atoms with E-state index in [0.717, 1.165) is 43.7 Å². The Morgan fingerprint density at radius 2 is 2.37 bits per heavy atom. The third-order valence-electron chi connectivity index (χ3n) is 5.13. The molecule has 2 aromatic heterocycles. The van der Waals surface area contributed by atoms with Gasteiger partial charge in [-0.3, -0.25) is 9.48 Å². The minimum atomic E-state index is -0.0297. The van der Waals surface area contributed by atoms with E-state index in [-0.39, 0.29) is 5.91 Å². The number of amides is 1. The monoisotopic (exact) mass is 390 g/mol. The van der Waals surface area contributed by atoms with Crippen molar-refractivity contribution in [2.45, 2.75) is 51.7 Å². The van der Waals surface area contributed by atoms with Gasteiger partial charge in [-0.15, -0.1) is 0 Å². The standard InChI is InChI=1S/C20H30N4O2S/c1-4-24-18-9-8-15(21-10-6-12-27-3)13-17(18)19(22-24)20(25)23(2)14-16-7-5-11-26-16/h5,7,11,15,21H,4,6,8-10,12-14H2,1-3H3/t15-/m1/s1. The van der Waals surface area contributed by atoms with Crippen LogP contribution in [0.25, 0.3) is 0 Å². The number of hydrogen-bond acceptors (Lipinski definition) is 5. The lowest BCUT2D eigenvalue weighted by atomic mass is 9.91. The van der Waals surface area contributed by atoms with Crippen LogP contribution in [0, 0.1) is 0 Å². The molecule has 7 heteroatoms. The molecule has 0 aromatic carbocycles. The number of rotatable bonds is 9. The quantitative estimate of drug-likeness (QED) is 0.667. The predicted molar refractivity (Wildman–Crippen MR) is 109 cm³/mol. The van der Waals surface area contributed by atoms with Crippen molar-refractivity contribution in [2.75, 3.05) is 25.6 Å². The largest absolute Gasteiger partial charge is 0.467 e. The van der Waals surface area contributed by atoms with Crippen molar-refractivity contribution >= 4 is 17.7 Å². The van der Waals surface area contributed by atoms with Crippen LogP contribution in [0.5, 0.6) is 0 Å². The molecule has 2 heterocycles. The van der Waals surface area contributed by atoms with Gasteiger partial charge in [0.2, 0.25) is 0 Å². The molecule has 0 fully saturated rings. The second kappa shape index (κ2) is 9.46. The fraction of sp³-hybridized carbons (Fsp3) is 0.600. The highest BCUT2D eigenvalue weighted by atomic mass is 32.2. The molecule has 0 aliphatic heterocycles. The summed E-state index contributed by atoms with van der Waals surface area (Å²) in [4.78, 5) is 14.8. The highest BCUT2D eigenvalue weighted by Gasteiger charge is 2.30. The SMILES string of the molecule is CCn1nc(C(=O)N(C)Cc2ccco2)c2c1CC[C@@H](NCCCSC)C2. The Balaban J connectivity index is 1.72. The van der Waals surface area contributed by atoms with Gasteiger partial charge in [-0.1, -0.05) is 0 Å². The molecule has 0 unspecified atom stereocenters. The smallest absolute Gasteiger partial charge is 0.274 e. The van der Waals surface area contributed by atoms with Crippen LogP contribution in [0.1, 0.15) is 47.3 Å². The van der Waals surface area contributed by atoms with Crippen LogP contribution < -0.4 is 5.32 Å². The van der Waals surface area contributed by atoms with Crippen molar-refractivity contribution in [1.82, 2.24) is 20.0 Å². The molecule has 3 rings (SSSR count). The second-order valence-corrected chi connectivity index (χ2v) is 8.06. The molecule has 0 spiro atoms. The Morgan fingerprint density at radius 3 is 3.07 bits per heavy atom. The van der Waals surface area contributed by atoms with Crippen LogP contribution in [-0.2, 0) is 25.9 Å². The van der Waals surface area contributed by atoms with Crippen molar-refractivity contribution < 1.29 is 9.21 Å². The average molecular weight is 391 g/mol. The van der Waals surface area contributed by atoms with E-state index in [4.69, 9.17) is 4.42 Å². The van der Waals surface area contributed by atoms with E-state index in [1.807, 2.05) is 35.6 Å². The number of carbonyl (C=O) groups is 1. The maximum Gasteiger partial charge on any atom is 0.274 e. The summed E-state index contributed by atoms with van der Waals surface area (Å²) in [6.45, 7) is 4.37. The summed E-state index contributed by atoms with van der Waals surface area (Å²) in [5.41, 5.74) is 2.97. The Bertz CT molecular complexity index is 742. The number of furan rings is 1. The normalized spacial score (nSPS) is 16.3. The van der Waals surface area contributed by atoms with E-state index in [9.17, 15) is 4.79 Å². The van der Waals surface area contributed by atoms with Crippen molar-refractivity contribution in [3.63, 3.8) is 0 Å². The minimum Gasteiger partial charge on any atom is -0.467 e. The number of nitrogens with one attached hydrogen (secondary N) is 1. The zero-order valence-corrected chi connectivity index (χ0v) is 17.3. The maximum atomic E-state index is 13.1. The van der Waals surface area contributed by atoms with E-state index < -0.39 is 0 Å². The third-order valence-corrected chi connectivity index (χ3v) is 5.82. The first kappa shape index (κ1) is 20.0. The first-order valence-electron chi connectivity index (χ1n) is 9.72. The lowest BCUT2D eigenvalue weighted by molar-refractivity contribution is 0.0767. The van der Waals surface area contributed by atoms with E-state index in [2.05, 4.69) is 23.6 Å². The van der Waals surface area contributed by atoms with Crippen molar-refractivity contribution in [1.29, 1.82) is 0 Å². The molecule has 1 aliphatic rings. The van der Waals surface area contributed by atoms with Gasteiger partial charge in [0.25, 0.3) is 5.91 Å².